The summed E-state index contributed by atoms with van der Waals surface area (Å²) in [5.74, 6) is -0.658. The van der Waals surface area contributed by atoms with Crippen molar-refractivity contribution < 1.29 is 14.3 Å². The van der Waals surface area contributed by atoms with Crippen LogP contribution in [0.2, 0.25) is 0 Å². The third-order valence-electron chi connectivity index (χ3n) is 3.54. The largest absolute Gasteiger partial charge is 0.455 e. The van der Waals surface area contributed by atoms with E-state index in [1.54, 1.807) is 42.0 Å². The quantitative estimate of drug-likeness (QED) is 0.650. The molecule has 0 unspecified atom stereocenters. The number of nitrogens with zero attached hydrogens (tertiary/aromatic N) is 2. The average Bonchev–Trinajstić information content (AvgIpc) is 3.17. The van der Waals surface area contributed by atoms with E-state index in [0.29, 0.717) is 29.2 Å². The number of hydrogen-bond acceptors (Lipinski definition) is 6. The first-order chi connectivity index (χ1) is 12.7. The van der Waals surface area contributed by atoms with Gasteiger partial charge in [-0.25, -0.2) is 9.78 Å². The van der Waals surface area contributed by atoms with Crippen LogP contribution in [0.4, 0.5) is 0 Å². The zero-order valence-corrected chi connectivity index (χ0v) is 14.7. The van der Waals surface area contributed by atoms with E-state index >= 15 is 0 Å². The second kappa shape index (κ2) is 8.87. The number of pyridine rings is 1. The maximum absolute atomic E-state index is 12.1. The molecule has 0 aliphatic heterocycles. The van der Waals surface area contributed by atoms with Crippen molar-refractivity contribution >= 4 is 23.2 Å². The highest BCUT2D eigenvalue weighted by Gasteiger charge is 2.12. The van der Waals surface area contributed by atoms with Crippen LogP contribution in [0.3, 0.4) is 0 Å². The fourth-order valence-corrected chi connectivity index (χ4v) is 2.91. The molecule has 1 N–H and O–H groups in total. The van der Waals surface area contributed by atoms with Crippen LogP contribution >= 0.6 is 11.3 Å². The second-order valence-electron chi connectivity index (χ2n) is 5.44. The summed E-state index contributed by atoms with van der Waals surface area (Å²) in [5, 5.41) is 5.05. The number of hydrogen-bond donors (Lipinski definition) is 1. The number of amides is 1. The molecule has 2 aromatic heterocycles. The van der Waals surface area contributed by atoms with E-state index in [-0.39, 0.29) is 12.5 Å². The standard InChI is InChI=1S/C19H17N3O3S/c23-18(21-10-8-14-5-4-9-20-11-14)16-13-26-17(22-16)12-25-19(24)15-6-2-1-3-7-15/h1-7,9,11,13H,8,10,12H2,(H,21,23). The Morgan fingerprint density at radius 1 is 1.12 bits per heavy atom. The van der Waals surface area contributed by atoms with E-state index in [2.05, 4.69) is 15.3 Å². The minimum Gasteiger partial charge on any atom is -0.455 e. The predicted molar refractivity (Wildman–Crippen MR) is 97.9 cm³/mol. The van der Waals surface area contributed by atoms with Crippen molar-refractivity contribution in [3.63, 3.8) is 0 Å². The molecule has 0 saturated carbocycles. The Kier molecular flexibility index (Phi) is 6.05. The van der Waals surface area contributed by atoms with Crippen molar-refractivity contribution in [2.75, 3.05) is 6.54 Å². The van der Waals surface area contributed by atoms with Gasteiger partial charge in [0.1, 0.15) is 17.3 Å². The molecule has 1 amide bonds. The van der Waals surface area contributed by atoms with Crippen molar-refractivity contribution in [3.05, 3.63) is 82.1 Å². The van der Waals surface area contributed by atoms with E-state index in [9.17, 15) is 9.59 Å². The number of benzene rings is 1. The summed E-state index contributed by atoms with van der Waals surface area (Å²) in [5.41, 5.74) is 1.86. The smallest absolute Gasteiger partial charge is 0.338 e. The Labute approximate surface area is 154 Å². The molecule has 0 bridgehead atoms. The monoisotopic (exact) mass is 367 g/mol. The molecule has 3 aromatic rings. The molecular formula is C19H17N3O3S. The molecule has 1 aromatic carbocycles. The SMILES string of the molecule is O=C(OCc1nc(C(=O)NCCc2cccnc2)cs1)c1ccccc1. The van der Waals surface area contributed by atoms with Crippen LogP contribution in [-0.2, 0) is 17.8 Å². The normalized spacial score (nSPS) is 10.3. The molecule has 6 nitrogen and oxygen atoms in total. The molecule has 132 valence electrons. The molecule has 3 rings (SSSR count). The molecule has 0 fully saturated rings. The number of carbonyl (C=O) groups excluding carboxylic acids is 2. The van der Waals surface area contributed by atoms with Gasteiger partial charge in [-0.1, -0.05) is 24.3 Å². The van der Waals surface area contributed by atoms with Crippen LogP contribution in [0.1, 0.15) is 31.4 Å². The van der Waals surface area contributed by atoms with E-state index in [4.69, 9.17) is 4.74 Å². The Bertz CT molecular complexity index is 866. The van der Waals surface area contributed by atoms with Crippen LogP contribution in [0.5, 0.6) is 0 Å². The highest BCUT2D eigenvalue weighted by Crippen LogP contribution is 2.12. The Morgan fingerprint density at radius 3 is 2.73 bits per heavy atom. The molecule has 0 radical (unpaired) electrons. The minimum atomic E-state index is -0.414. The van der Waals surface area contributed by atoms with Crippen molar-refractivity contribution in [2.45, 2.75) is 13.0 Å². The van der Waals surface area contributed by atoms with Crippen LogP contribution < -0.4 is 5.32 Å². The lowest BCUT2D eigenvalue weighted by molar-refractivity contribution is 0.0472. The van der Waals surface area contributed by atoms with Gasteiger partial charge in [0.05, 0.1) is 5.56 Å². The fourth-order valence-electron chi connectivity index (χ4n) is 2.22. The summed E-state index contributed by atoms with van der Waals surface area (Å²) >= 11 is 1.29. The van der Waals surface area contributed by atoms with Gasteiger partial charge in [-0.2, -0.15) is 0 Å². The first-order valence-corrected chi connectivity index (χ1v) is 8.94. The maximum Gasteiger partial charge on any atom is 0.338 e. The molecule has 0 aliphatic carbocycles. The van der Waals surface area contributed by atoms with Gasteiger partial charge in [0.25, 0.3) is 5.91 Å². The molecule has 0 spiro atoms. The zero-order chi connectivity index (χ0) is 18.2. The van der Waals surface area contributed by atoms with Gasteiger partial charge in [-0.05, 0) is 30.2 Å². The minimum absolute atomic E-state index is 0.0430. The van der Waals surface area contributed by atoms with Crippen LogP contribution in [0, 0.1) is 0 Å². The Balaban J connectivity index is 1.46. The average molecular weight is 367 g/mol. The Morgan fingerprint density at radius 2 is 1.96 bits per heavy atom. The highest BCUT2D eigenvalue weighted by atomic mass is 32.1. The van der Waals surface area contributed by atoms with Gasteiger partial charge < -0.3 is 10.1 Å². The van der Waals surface area contributed by atoms with Gasteiger partial charge in [-0.15, -0.1) is 11.3 Å². The lowest BCUT2D eigenvalue weighted by Gasteiger charge is -2.03. The Hall–Kier alpha value is -3.06. The molecule has 2 heterocycles. The number of aromatic nitrogens is 2. The van der Waals surface area contributed by atoms with E-state index in [0.717, 1.165) is 5.56 Å². The van der Waals surface area contributed by atoms with E-state index < -0.39 is 5.97 Å². The summed E-state index contributed by atoms with van der Waals surface area (Å²) in [4.78, 5) is 32.3. The maximum atomic E-state index is 12.1. The lowest BCUT2D eigenvalue weighted by atomic mass is 10.2. The lowest BCUT2D eigenvalue weighted by Crippen LogP contribution is -2.26. The number of ether oxygens (including phenoxy) is 1. The number of thiazole rings is 1. The summed E-state index contributed by atoms with van der Waals surface area (Å²) in [6, 6.07) is 12.6. The molecule has 7 heteroatoms. The van der Waals surface area contributed by atoms with Gasteiger partial charge in [0.15, 0.2) is 0 Å². The van der Waals surface area contributed by atoms with Crippen LogP contribution in [0.15, 0.2) is 60.2 Å². The van der Waals surface area contributed by atoms with Crippen molar-refractivity contribution in [2.24, 2.45) is 0 Å². The number of carbonyl (C=O) groups is 2. The first kappa shape index (κ1) is 17.8. The number of nitrogens with one attached hydrogen (secondary N) is 1. The summed E-state index contributed by atoms with van der Waals surface area (Å²) in [6.45, 7) is 0.543. The topological polar surface area (TPSA) is 81.2 Å². The molecule has 0 atom stereocenters. The number of rotatable bonds is 7. The predicted octanol–water partition coefficient (Wildman–Crippen LogP) is 2.87. The van der Waals surface area contributed by atoms with Crippen molar-refractivity contribution in [1.82, 2.24) is 15.3 Å². The van der Waals surface area contributed by atoms with E-state index in [1.807, 2.05) is 18.2 Å². The third-order valence-corrected chi connectivity index (χ3v) is 4.36. The highest BCUT2D eigenvalue weighted by molar-refractivity contribution is 7.09. The summed E-state index contributed by atoms with van der Waals surface area (Å²) < 4.78 is 5.22. The summed E-state index contributed by atoms with van der Waals surface area (Å²) in [6.07, 6.45) is 4.18. The van der Waals surface area contributed by atoms with Gasteiger partial charge in [0, 0.05) is 24.3 Å². The zero-order valence-electron chi connectivity index (χ0n) is 13.9. The van der Waals surface area contributed by atoms with Gasteiger partial charge in [0.2, 0.25) is 0 Å². The molecular weight excluding hydrogens is 350 g/mol. The molecule has 0 aliphatic rings. The first-order valence-electron chi connectivity index (χ1n) is 8.06. The third kappa shape index (κ3) is 4.97. The van der Waals surface area contributed by atoms with Crippen molar-refractivity contribution in [1.29, 1.82) is 0 Å². The van der Waals surface area contributed by atoms with Crippen molar-refractivity contribution in [3.8, 4) is 0 Å². The fraction of sp³-hybridized carbons (Fsp3) is 0.158. The van der Waals surface area contributed by atoms with Crippen LogP contribution in [0.25, 0.3) is 0 Å². The number of esters is 1. The van der Waals surface area contributed by atoms with Crippen LogP contribution in [-0.4, -0.2) is 28.4 Å². The molecule has 0 saturated heterocycles. The summed E-state index contributed by atoms with van der Waals surface area (Å²) in [7, 11) is 0. The van der Waals surface area contributed by atoms with Gasteiger partial charge in [-0.3, -0.25) is 9.78 Å². The van der Waals surface area contributed by atoms with E-state index in [1.165, 1.54) is 11.3 Å². The van der Waals surface area contributed by atoms with Gasteiger partial charge >= 0.3 is 5.97 Å². The molecule has 26 heavy (non-hydrogen) atoms. The second-order valence-corrected chi connectivity index (χ2v) is 6.38.